The van der Waals surface area contributed by atoms with Crippen LogP contribution in [-0.4, -0.2) is 31.7 Å². The average Bonchev–Trinajstić information content (AvgIpc) is 2.29. The predicted molar refractivity (Wildman–Crippen MR) is 70.7 cm³/mol. The number of carboxylic acid groups (broad SMARTS) is 1. The molecule has 0 aliphatic rings. The molecule has 0 saturated heterocycles. The smallest absolute Gasteiger partial charge is 0.331 e. The van der Waals surface area contributed by atoms with Crippen molar-refractivity contribution in [1.82, 2.24) is 0 Å². The minimum Gasteiger partial charge on any atom is -0.478 e. The summed E-state index contributed by atoms with van der Waals surface area (Å²) in [7, 11) is 3.94. The summed E-state index contributed by atoms with van der Waals surface area (Å²) in [5.41, 5.74) is 2.42. The molecule has 0 aliphatic carbocycles. The second-order valence-electron chi connectivity index (χ2n) is 3.98. The Hall–Kier alpha value is -1.97. The van der Waals surface area contributed by atoms with Gasteiger partial charge < -0.3 is 15.3 Å². The number of nitrogens with zero attached hydrogens (tertiary/aromatic N) is 1. The highest BCUT2D eigenvalue weighted by Crippen LogP contribution is 2.22. The maximum atomic E-state index is 10.6. The topological polar surface area (TPSA) is 52.6 Å². The fraction of sp³-hybridized carbons (Fsp3) is 0.308. The average molecular weight is 234 g/mol. The van der Waals surface area contributed by atoms with E-state index in [-0.39, 0.29) is 0 Å². The summed E-state index contributed by atoms with van der Waals surface area (Å²) in [4.78, 5) is 12.6. The van der Waals surface area contributed by atoms with E-state index < -0.39 is 5.97 Å². The molecule has 4 heteroatoms. The largest absolute Gasteiger partial charge is 0.478 e. The molecule has 92 valence electrons. The molecule has 0 fully saturated rings. The van der Waals surface area contributed by atoms with Gasteiger partial charge in [0.1, 0.15) is 0 Å². The van der Waals surface area contributed by atoms with Crippen molar-refractivity contribution in [2.75, 3.05) is 30.9 Å². The van der Waals surface area contributed by atoms with Gasteiger partial charge in [-0.1, -0.05) is 18.2 Å². The number of carboxylic acids is 1. The molecule has 17 heavy (non-hydrogen) atoms. The molecule has 0 bridgehead atoms. The summed E-state index contributed by atoms with van der Waals surface area (Å²) in [6.07, 6.45) is 1.66. The van der Waals surface area contributed by atoms with Crippen LogP contribution >= 0.6 is 0 Å². The van der Waals surface area contributed by atoms with Crippen molar-refractivity contribution in [2.24, 2.45) is 0 Å². The molecular formula is C13H18N2O2. The van der Waals surface area contributed by atoms with Crippen LogP contribution < -0.4 is 10.2 Å². The highest BCUT2D eigenvalue weighted by molar-refractivity contribution is 5.85. The summed E-state index contributed by atoms with van der Waals surface area (Å²) in [5.74, 6) is -0.882. The van der Waals surface area contributed by atoms with E-state index in [2.05, 4.69) is 5.32 Å². The van der Waals surface area contributed by atoms with Crippen molar-refractivity contribution in [1.29, 1.82) is 0 Å². The summed E-state index contributed by atoms with van der Waals surface area (Å²) >= 11 is 0. The van der Waals surface area contributed by atoms with E-state index in [0.717, 1.165) is 11.4 Å². The minimum atomic E-state index is -0.882. The van der Waals surface area contributed by atoms with Gasteiger partial charge in [0.05, 0.1) is 11.4 Å². The first kappa shape index (κ1) is 13.1. The summed E-state index contributed by atoms with van der Waals surface area (Å²) in [6.45, 7) is 2.09. The van der Waals surface area contributed by atoms with E-state index in [1.165, 1.54) is 0 Å². The zero-order valence-corrected chi connectivity index (χ0v) is 10.4. The molecular weight excluding hydrogens is 216 g/mol. The van der Waals surface area contributed by atoms with Crippen LogP contribution in [0, 0.1) is 0 Å². The number of nitrogens with one attached hydrogen (secondary N) is 1. The van der Waals surface area contributed by atoms with E-state index in [0.29, 0.717) is 12.1 Å². The molecule has 0 radical (unpaired) electrons. The summed E-state index contributed by atoms with van der Waals surface area (Å²) in [5, 5.41) is 11.9. The monoisotopic (exact) mass is 234 g/mol. The number of aliphatic carboxylic acids is 1. The Bertz CT molecular complexity index is 425. The number of para-hydroxylation sites is 2. The molecule has 0 unspecified atom stereocenters. The Labute approximate surface area is 102 Å². The van der Waals surface area contributed by atoms with Gasteiger partial charge in [-0.3, -0.25) is 0 Å². The number of benzene rings is 1. The highest BCUT2D eigenvalue weighted by Gasteiger charge is 2.02. The molecule has 0 amide bonds. The Morgan fingerprint density at radius 1 is 1.41 bits per heavy atom. The van der Waals surface area contributed by atoms with Crippen LogP contribution in [0.1, 0.15) is 6.92 Å². The van der Waals surface area contributed by atoms with Crippen LogP contribution in [0.3, 0.4) is 0 Å². The SMILES string of the molecule is C/C(=C/CNc1ccccc1N(C)C)C(=O)O. The zero-order chi connectivity index (χ0) is 12.8. The van der Waals surface area contributed by atoms with Crippen molar-refractivity contribution in [3.8, 4) is 0 Å². The van der Waals surface area contributed by atoms with Crippen LogP contribution in [0.15, 0.2) is 35.9 Å². The molecule has 0 aromatic heterocycles. The maximum Gasteiger partial charge on any atom is 0.331 e. The van der Waals surface area contributed by atoms with Crippen molar-refractivity contribution in [3.63, 3.8) is 0 Å². The fourth-order valence-corrected chi connectivity index (χ4v) is 1.41. The molecule has 0 spiro atoms. The Balaban J connectivity index is 2.70. The highest BCUT2D eigenvalue weighted by atomic mass is 16.4. The maximum absolute atomic E-state index is 10.6. The van der Waals surface area contributed by atoms with Gasteiger partial charge in [-0.25, -0.2) is 4.79 Å². The third-order valence-corrected chi connectivity index (χ3v) is 2.42. The van der Waals surface area contributed by atoms with Gasteiger partial charge in [-0.05, 0) is 19.1 Å². The van der Waals surface area contributed by atoms with Crippen molar-refractivity contribution < 1.29 is 9.90 Å². The fourth-order valence-electron chi connectivity index (χ4n) is 1.41. The first-order chi connectivity index (χ1) is 8.02. The normalized spacial score (nSPS) is 11.1. The number of carbonyl (C=O) groups is 1. The third-order valence-electron chi connectivity index (χ3n) is 2.42. The van der Waals surface area contributed by atoms with Gasteiger partial charge in [0.2, 0.25) is 0 Å². The van der Waals surface area contributed by atoms with Crippen LogP contribution in [-0.2, 0) is 4.79 Å². The van der Waals surface area contributed by atoms with E-state index in [9.17, 15) is 4.79 Å². The van der Waals surface area contributed by atoms with Gasteiger partial charge in [0.15, 0.2) is 0 Å². The van der Waals surface area contributed by atoms with Crippen LogP contribution in [0.4, 0.5) is 11.4 Å². The molecule has 1 aromatic carbocycles. The Kier molecular flexibility index (Phi) is 4.57. The standard InChI is InChI=1S/C13H18N2O2/c1-10(13(16)17)8-9-14-11-6-4-5-7-12(11)15(2)3/h4-8,14H,9H2,1-3H3,(H,16,17)/b10-8-. The van der Waals surface area contributed by atoms with Gasteiger partial charge >= 0.3 is 5.97 Å². The lowest BCUT2D eigenvalue weighted by Crippen LogP contribution is -2.12. The van der Waals surface area contributed by atoms with E-state index in [4.69, 9.17) is 5.11 Å². The van der Waals surface area contributed by atoms with Crippen molar-refractivity contribution in [2.45, 2.75) is 6.92 Å². The molecule has 0 heterocycles. The lowest BCUT2D eigenvalue weighted by molar-refractivity contribution is -0.132. The summed E-state index contributed by atoms with van der Waals surface area (Å²) in [6, 6.07) is 7.90. The molecule has 4 nitrogen and oxygen atoms in total. The van der Waals surface area contributed by atoms with Gasteiger partial charge in [0, 0.05) is 26.2 Å². The van der Waals surface area contributed by atoms with Gasteiger partial charge in [0.25, 0.3) is 0 Å². The van der Waals surface area contributed by atoms with Gasteiger partial charge in [-0.15, -0.1) is 0 Å². The third kappa shape index (κ3) is 3.83. The quantitative estimate of drug-likeness (QED) is 0.767. The van der Waals surface area contributed by atoms with Crippen LogP contribution in [0.25, 0.3) is 0 Å². The second-order valence-corrected chi connectivity index (χ2v) is 3.98. The number of hydrogen-bond acceptors (Lipinski definition) is 3. The molecule has 0 atom stereocenters. The molecule has 1 aromatic rings. The second kappa shape index (κ2) is 5.94. The van der Waals surface area contributed by atoms with Crippen molar-refractivity contribution >= 4 is 17.3 Å². The minimum absolute atomic E-state index is 0.347. The number of anilines is 2. The summed E-state index contributed by atoms with van der Waals surface area (Å²) < 4.78 is 0. The van der Waals surface area contributed by atoms with E-state index >= 15 is 0 Å². The first-order valence-electron chi connectivity index (χ1n) is 5.42. The number of rotatable bonds is 5. The lowest BCUT2D eigenvalue weighted by Gasteiger charge is -2.17. The lowest BCUT2D eigenvalue weighted by atomic mass is 10.2. The molecule has 0 aliphatic heterocycles. The zero-order valence-electron chi connectivity index (χ0n) is 10.4. The molecule has 0 saturated carbocycles. The first-order valence-corrected chi connectivity index (χ1v) is 5.42. The Morgan fingerprint density at radius 2 is 2.06 bits per heavy atom. The van der Waals surface area contributed by atoms with Crippen LogP contribution in [0.2, 0.25) is 0 Å². The van der Waals surface area contributed by atoms with E-state index in [1.807, 2.05) is 43.3 Å². The number of hydrogen-bond donors (Lipinski definition) is 2. The van der Waals surface area contributed by atoms with E-state index in [1.54, 1.807) is 13.0 Å². The molecule has 2 N–H and O–H groups in total. The Morgan fingerprint density at radius 3 is 2.65 bits per heavy atom. The van der Waals surface area contributed by atoms with Crippen LogP contribution in [0.5, 0.6) is 0 Å². The molecule has 1 rings (SSSR count). The van der Waals surface area contributed by atoms with Gasteiger partial charge in [-0.2, -0.15) is 0 Å². The predicted octanol–water partition coefficient (Wildman–Crippen LogP) is 2.20. The van der Waals surface area contributed by atoms with Crippen molar-refractivity contribution in [3.05, 3.63) is 35.9 Å².